The predicted octanol–water partition coefficient (Wildman–Crippen LogP) is 2.06. The Morgan fingerprint density at radius 1 is 1.29 bits per heavy atom. The van der Waals surface area contributed by atoms with Crippen molar-refractivity contribution in [3.05, 3.63) is 35.9 Å². The van der Waals surface area contributed by atoms with Crippen molar-refractivity contribution in [1.82, 2.24) is 10.2 Å². The lowest BCUT2D eigenvalue weighted by atomic mass is 9.74. The number of hydrogen-bond acceptors (Lipinski definition) is 3. The van der Waals surface area contributed by atoms with Gasteiger partial charge in [0.25, 0.3) is 0 Å². The molecule has 0 heterocycles. The van der Waals surface area contributed by atoms with Gasteiger partial charge in [-0.2, -0.15) is 0 Å². The van der Waals surface area contributed by atoms with E-state index in [9.17, 15) is 9.59 Å². The number of nitrogens with one attached hydrogen (secondary N) is 1. The van der Waals surface area contributed by atoms with Crippen LogP contribution in [0.25, 0.3) is 0 Å². The minimum atomic E-state index is -0.472. The van der Waals surface area contributed by atoms with Crippen LogP contribution >= 0.6 is 0 Å². The van der Waals surface area contributed by atoms with E-state index in [4.69, 9.17) is 5.73 Å². The van der Waals surface area contributed by atoms with E-state index in [1.807, 2.05) is 44.2 Å². The van der Waals surface area contributed by atoms with Crippen molar-refractivity contribution >= 4 is 11.8 Å². The zero-order valence-electron chi connectivity index (χ0n) is 14.8. The molecule has 0 saturated heterocycles. The number of hydrogen-bond donors (Lipinski definition) is 2. The van der Waals surface area contributed by atoms with Gasteiger partial charge in [0.15, 0.2) is 0 Å². The van der Waals surface area contributed by atoms with Crippen molar-refractivity contribution in [2.45, 2.75) is 51.6 Å². The maximum absolute atomic E-state index is 12.4. The van der Waals surface area contributed by atoms with Gasteiger partial charge in [-0.3, -0.25) is 9.59 Å². The maximum atomic E-state index is 12.4. The summed E-state index contributed by atoms with van der Waals surface area (Å²) in [6.45, 7) is 5.09. The fourth-order valence-corrected chi connectivity index (χ4v) is 3.37. The molecule has 2 atom stereocenters. The standard InChI is InChI=1S/C19H29N3O2/c1-3-22(14-15-9-5-4-6-10-15)17(23)13-21-18(24)16-11-7-8-12-19(16,2)20/h4-6,9-10,16H,3,7-8,11-14,20H2,1-2H3,(H,21,24). The molecule has 1 aromatic carbocycles. The van der Waals surface area contributed by atoms with E-state index < -0.39 is 5.54 Å². The molecule has 0 radical (unpaired) electrons. The van der Waals surface area contributed by atoms with Gasteiger partial charge in [0.05, 0.1) is 12.5 Å². The molecular weight excluding hydrogens is 302 g/mol. The summed E-state index contributed by atoms with van der Waals surface area (Å²) in [5.41, 5.74) is 6.87. The van der Waals surface area contributed by atoms with Crippen LogP contribution in [0.15, 0.2) is 30.3 Å². The highest BCUT2D eigenvalue weighted by molar-refractivity contribution is 5.86. The molecule has 2 rings (SSSR count). The normalized spacial score (nSPS) is 23.5. The van der Waals surface area contributed by atoms with Gasteiger partial charge in [-0.1, -0.05) is 43.2 Å². The van der Waals surface area contributed by atoms with Gasteiger partial charge in [-0.15, -0.1) is 0 Å². The second-order valence-corrected chi connectivity index (χ2v) is 6.92. The van der Waals surface area contributed by atoms with Crippen LogP contribution in [0, 0.1) is 5.92 Å². The summed E-state index contributed by atoms with van der Waals surface area (Å²) < 4.78 is 0. The third kappa shape index (κ3) is 4.81. The molecule has 1 aliphatic carbocycles. The SMILES string of the molecule is CCN(Cc1ccccc1)C(=O)CNC(=O)C1CCCCC1(C)N. The molecule has 1 aliphatic rings. The lowest BCUT2D eigenvalue weighted by Crippen LogP contribution is -2.54. The van der Waals surface area contributed by atoms with E-state index in [-0.39, 0.29) is 24.3 Å². The van der Waals surface area contributed by atoms with Crippen molar-refractivity contribution in [2.24, 2.45) is 11.7 Å². The van der Waals surface area contributed by atoms with E-state index in [1.54, 1.807) is 4.90 Å². The summed E-state index contributed by atoms with van der Waals surface area (Å²) in [5, 5.41) is 2.80. The molecule has 1 saturated carbocycles. The van der Waals surface area contributed by atoms with Crippen molar-refractivity contribution in [3.8, 4) is 0 Å². The molecule has 3 N–H and O–H groups in total. The summed E-state index contributed by atoms with van der Waals surface area (Å²) >= 11 is 0. The number of likely N-dealkylation sites (N-methyl/N-ethyl adjacent to an activating group) is 1. The van der Waals surface area contributed by atoms with Gasteiger partial charge >= 0.3 is 0 Å². The molecule has 5 nitrogen and oxygen atoms in total. The minimum absolute atomic E-state index is 0.0338. The summed E-state index contributed by atoms with van der Waals surface area (Å²) in [6, 6.07) is 9.86. The van der Waals surface area contributed by atoms with Crippen LogP contribution in [0.3, 0.4) is 0 Å². The second-order valence-electron chi connectivity index (χ2n) is 6.92. The van der Waals surface area contributed by atoms with E-state index in [2.05, 4.69) is 5.32 Å². The fraction of sp³-hybridized carbons (Fsp3) is 0.579. The lowest BCUT2D eigenvalue weighted by molar-refractivity contribution is -0.135. The Bertz CT molecular complexity index is 557. The fourth-order valence-electron chi connectivity index (χ4n) is 3.37. The third-order valence-corrected chi connectivity index (χ3v) is 4.94. The highest BCUT2D eigenvalue weighted by Crippen LogP contribution is 2.31. The average Bonchev–Trinajstić information content (AvgIpc) is 2.57. The first kappa shape index (κ1) is 18.5. The predicted molar refractivity (Wildman–Crippen MR) is 95.1 cm³/mol. The van der Waals surface area contributed by atoms with Gasteiger partial charge in [0.2, 0.25) is 11.8 Å². The molecular formula is C19H29N3O2. The number of amides is 2. The zero-order valence-corrected chi connectivity index (χ0v) is 14.8. The maximum Gasteiger partial charge on any atom is 0.242 e. The van der Waals surface area contributed by atoms with Crippen LogP contribution in [-0.2, 0) is 16.1 Å². The molecule has 2 amide bonds. The van der Waals surface area contributed by atoms with Gasteiger partial charge in [0, 0.05) is 18.6 Å². The Balaban J connectivity index is 1.87. The number of carbonyl (C=O) groups is 2. The van der Waals surface area contributed by atoms with Gasteiger partial charge < -0.3 is 16.0 Å². The highest BCUT2D eigenvalue weighted by atomic mass is 16.2. The Morgan fingerprint density at radius 2 is 2.00 bits per heavy atom. The number of nitrogens with zero attached hydrogens (tertiary/aromatic N) is 1. The van der Waals surface area contributed by atoms with Crippen molar-refractivity contribution in [2.75, 3.05) is 13.1 Å². The molecule has 24 heavy (non-hydrogen) atoms. The van der Waals surface area contributed by atoms with Gasteiger partial charge in [-0.05, 0) is 32.3 Å². The van der Waals surface area contributed by atoms with Crippen LogP contribution in [0.4, 0.5) is 0 Å². The molecule has 1 fully saturated rings. The molecule has 1 aromatic rings. The Morgan fingerprint density at radius 3 is 2.62 bits per heavy atom. The van der Waals surface area contributed by atoms with E-state index in [1.165, 1.54) is 0 Å². The zero-order chi connectivity index (χ0) is 17.6. The molecule has 0 bridgehead atoms. The van der Waals surface area contributed by atoms with Gasteiger partial charge in [-0.25, -0.2) is 0 Å². The number of benzene rings is 1. The first-order valence-electron chi connectivity index (χ1n) is 8.82. The number of carbonyl (C=O) groups excluding carboxylic acids is 2. The number of nitrogens with two attached hydrogens (primary N) is 1. The topological polar surface area (TPSA) is 75.4 Å². The van der Waals surface area contributed by atoms with E-state index >= 15 is 0 Å². The molecule has 132 valence electrons. The Kier molecular flexibility index (Phi) is 6.37. The van der Waals surface area contributed by atoms with Crippen LogP contribution < -0.4 is 11.1 Å². The summed E-state index contributed by atoms with van der Waals surface area (Å²) in [6.07, 6.45) is 3.74. The largest absolute Gasteiger partial charge is 0.347 e. The smallest absolute Gasteiger partial charge is 0.242 e. The monoisotopic (exact) mass is 331 g/mol. The summed E-state index contributed by atoms with van der Waals surface area (Å²) in [4.78, 5) is 26.6. The molecule has 0 aliphatic heterocycles. The van der Waals surface area contributed by atoms with Crippen LogP contribution in [0.5, 0.6) is 0 Å². The lowest BCUT2D eigenvalue weighted by Gasteiger charge is -2.37. The molecule has 0 aromatic heterocycles. The quantitative estimate of drug-likeness (QED) is 0.838. The molecule has 2 unspecified atom stereocenters. The van der Waals surface area contributed by atoms with Crippen molar-refractivity contribution in [3.63, 3.8) is 0 Å². The first-order valence-corrected chi connectivity index (χ1v) is 8.82. The van der Waals surface area contributed by atoms with Crippen molar-refractivity contribution in [1.29, 1.82) is 0 Å². The Hall–Kier alpha value is -1.88. The van der Waals surface area contributed by atoms with Gasteiger partial charge in [0.1, 0.15) is 0 Å². The average molecular weight is 331 g/mol. The molecule has 5 heteroatoms. The first-order chi connectivity index (χ1) is 11.4. The van der Waals surface area contributed by atoms with Crippen LogP contribution in [-0.4, -0.2) is 35.3 Å². The summed E-state index contributed by atoms with van der Waals surface area (Å²) in [5.74, 6) is -0.365. The highest BCUT2D eigenvalue weighted by Gasteiger charge is 2.37. The van der Waals surface area contributed by atoms with Crippen LogP contribution in [0.2, 0.25) is 0 Å². The van der Waals surface area contributed by atoms with Crippen molar-refractivity contribution < 1.29 is 9.59 Å². The second kappa shape index (κ2) is 8.29. The minimum Gasteiger partial charge on any atom is -0.347 e. The third-order valence-electron chi connectivity index (χ3n) is 4.94. The van der Waals surface area contributed by atoms with E-state index in [0.717, 1.165) is 31.2 Å². The van der Waals surface area contributed by atoms with E-state index in [0.29, 0.717) is 13.1 Å². The van der Waals surface area contributed by atoms with Crippen LogP contribution in [0.1, 0.15) is 45.1 Å². The molecule has 0 spiro atoms. The summed E-state index contributed by atoms with van der Waals surface area (Å²) in [7, 11) is 0. The Labute approximate surface area is 144 Å². The number of rotatable bonds is 6.